The molecule has 1 aromatic heterocycles. The van der Waals surface area contributed by atoms with Crippen molar-refractivity contribution in [2.75, 3.05) is 7.05 Å². The summed E-state index contributed by atoms with van der Waals surface area (Å²) in [5.41, 5.74) is -0.485. The number of carboxylic acids is 1. The van der Waals surface area contributed by atoms with Crippen LogP contribution in [0.15, 0.2) is 6.20 Å². The molecule has 2 fully saturated rings. The normalized spacial score (nSPS) is 20.2. The molecule has 0 saturated heterocycles. The molecular formula is C14H20N4O3. The molecule has 3 rings (SSSR count). The number of nitrogens with one attached hydrogen (secondary N) is 2. The molecule has 2 saturated carbocycles. The van der Waals surface area contributed by atoms with Gasteiger partial charge in [-0.15, -0.1) is 0 Å². The van der Waals surface area contributed by atoms with Crippen molar-refractivity contribution >= 4 is 12.0 Å². The molecule has 2 amide bonds. The van der Waals surface area contributed by atoms with Gasteiger partial charge in [-0.3, -0.25) is 0 Å². The van der Waals surface area contributed by atoms with Crippen LogP contribution in [0, 0.1) is 0 Å². The number of carbonyl (C=O) groups excluding carboxylic acids is 1. The Morgan fingerprint density at radius 3 is 2.57 bits per heavy atom. The lowest BCUT2D eigenvalue weighted by Crippen LogP contribution is -2.57. The maximum atomic E-state index is 12.4. The molecule has 0 aromatic carbocycles. The summed E-state index contributed by atoms with van der Waals surface area (Å²) >= 11 is 0. The number of aromatic nitrogens is 2. The number of carbonyl (C=O) groups is 2. The molecule has 0 spiro atoms. The van der Waals surface area contributed by atoms with Gasteiger partial charge in [0.25, 0.3) is 0 Å². The molecule has 21 heavy (non-hydrogen) atoms. The first-order valence-electron chi connectivity index (χ1n) is 7.35. The average molecular weight is 292 g/mol. The minimum Gasteiger partial charge on any atom is -0.477 e. The van der Waals surface area contributed by atoms with Gasteiger partial charge < -0.3 is 20.3 Å². The Labute approximate surface area is 122 Å². The van der Waals surface area contributed by atoms with Gasteiger partial charge in [-0.05, 0) is 38.5 Å². The third kappa shape index (κ3) is 2.36. The standard InChI is InChI=1S/C14H20N4O3/c1-18(9-4-2-5-9)13(21)17-14(6-3-7-14)12-15-8-10(16-12)11(19)20/h8-9H,2-7H2,1H3,(H,15,16)(H,17,21)(H,19,20). The van der Waals surface area contributed by atoms with Crippen LogP contribution in [0.25, 0.3) is 0 Å². The molecule has 114 valence electrons. The maximum Gasteiger partial charge on any atom is 0.353 e. The molecule has 7 nitrogen and oxygen atoms in total. The van der Waals surface area contributed by atoms with Gasteiger partial charge in [0.15, 0.2) is 0 Å². The van der Waals surface area contributed by atoms with Gasteiger partial charge in [0.05, 0.1) is 11.7 Å². The molecule has 0 unspecified atom stereocenters. The number of urea groups is 1. The van der Waals surface area contributed by atoms with Crippen molar-refractivity contribution in [2.24, 2.45) is 0 Å². The molecule has 0 aliphatic heterocycles. The molecule has 2 aliphatic carbocycles. The highest BCUT2D eigenvalue weighted by Crippen LogP contribution is 2.40. The van der Waals surface area contributed by atoms with Crippen molar-refractivity contribution in [1.82, 2.24) is 20.2 Å². The zero-order valence-electron chi connectivity index (χ0n) is 12.1. The van der Waals surface area contributed by atoms with E-state index in [1.807, 2.05) is 7.05 Å². The Morgan fingerprint density at radius 2 is 2.14 bits per heavy atom. The first kappa shape index (κ1) is 13.9. The number of H-pyrrole nitrogens is 1. The number of amides is 2. The van der Waals surface area contributed by atoms with E-state index in [1.54, 1.807) is 4.90 Å². The minimum absolute atomic E-state index is 0.0536. The Balaban J connectivity index is 1.73. The van der Waals surface area contributed by atoms with Crippen molar-refractivity contribution in [3.05, 3.63) is 17.7 Å². The summed E-state index contributed by atoms with van der Waals surface area (Å²) in [5.74, 6) is -0.498. The SMILES string of the molecule is CN(C(=O)NC1(c2ncc(C(=O)O)[nH]2)CCC1)C1CCC1. The minimum atomic E-state index is -1.04. The first-order valence-corrected chi connectivity index (χ1v) is 7.35. The largest absolute Gasteiger partial charge is 0.477 e. The molecular weight excluding hydrogens is 272 g/mol. The number of hydrogen-bond donors (Lipinski definition) is 3. The maximum absolute atomic E-state index is 12.4. The fraction of sp³-hybridized carbons (Fsp3) is 0.643. The first-order chi connectivity index (χ1) is 10.0. The smallest absolute Gasteiger partial charge is 0.353 e. The Hall–Kier alpha value is -2.05. The molecule has 0 radical (unpaired) electrons. The summed E-state index contributed by atoms with van der Waals surface area (Å²) in [4.78, 5) is 32.0. The van der Waals surface area contributed by atoms with E-state index in [2.05, 4.69) is 15.3 Å². The second-order valence-corrected chi connectivity index (χ2v) is 6.01. The van der Waals surface area contributed by atoms with Gasteiger partial charge in [0, 0.05) is 13.1 Å². The molecule has 0 atom stereocenters. The summed E-state index contributed by atoms with van der Waals surface area (Å²) in [6, 6.07) is 0.223. The quantitative estimate of drug-likeness (QED) is 0.786. The van der Waals surface area contributed by atoms with Crippen LogP contribution in [0.2, 0.25) is 0 Å². The van der Waals surface area contributed by atoms with Gasteiger partial charge in [-0.2, -0.15) is 0 Å². The second kappa shape index (κ2) is 5.05. The van der Waals surface area contributed by atoms with Crippen LogP contribution in [0.4, 0.5) is 4.79 Å². The molecule has 0 bridgehead atoms. The Kier molecular flexibility index (Phi) is 3.35. The Bertz CT molecular complexity index is 560. The second-order valence-electron chi connectivity index (χ2n) is 6.01. The van der Waals surface area contributed by atoms with E-state index in [4.69, 9.17) is 5.11 Å². The number of hydrogen-bond acceptors (Lipinski definition) is 3. The predicted molar refractivity (Wildman–Crippen MR) is 75.0 cm³/mol. The van der Waals surface area contributed by atoms with Crippen LogP contribution < -0.4 is 5.32 Å². The van der Waals surface area contributed by atoms with E-state index in [0.717, 1.165) is 32.1 Å². The van der Waals surface area contributed by atoms with Crippen LogP contribution >= 0.6 is 0 Å². The van der Waals surface area contributed by atoms with Crippen LogP contribution in [-0.4, -0.2) is 45.1 Å². The number of aromatic amines is 1. The molecule has 1 heterocycles. The zero-order valence-corrected chi connectivity index (χ0v) is 12.1. The van der Waals surface area contributed by atoms with Crippen LogP contribution in [-0.2, 0) is 5.54 Å². The third-order valence-electron chi connectivity index (χ3n) is 4.76. The molecule has 7 heteroatoms. The summed E-state index contributed by atoms with van der Waals surface area (Å²) in [6.45, 7) is 0. The van der Waals surface area contributed by atoms with Crippen LogP contribution in [0.1, 0.15) is 54.8 Å². The highest BCUT2D eigenvalue weighted by Gasteiger charge is 2.44. The van der Waals surface area contributed by atoms with Gasteiger partial charge in [-0.25, -0.2) is 14.6 Å². The van der Waals surface area contributed by atoms with E-state index >= 15 is 0 Å². The van der Waals surface area contributed by atoms with Crippen LogP contribution in [0.3, 0.4) is 0 Å². The predicted octanol–water partition coefficient (Wildman–Crippen LogP) is 1.68. The summed E-state index contributed by atoms with van der Waals surface area (Å²) < 4.78 is 0. The van der Waals surface area contributed by atoms with E-state index in [1.165, 1.54) is 12.6 Å². The van der Waals surface area contributed by atoms with Crippen molar-refractivity contribution in [2.45, 2.75) is 50.1 Å². The van der Waals surface area contributed by atoms with E-state index in [-0.39, 0.29) is 11.7 Å². The lowest BCUT2D eigenvalue weighted by molar-refractivity contribution is 0.0690. The zero-order chi connectivity index (χ0) is 15.0. The highest BCUT2D eigenvalue weighted by molar-refractivity contribution is 5.85. The van der Waals surface area contributed by atoms with Crippen molar-refractivity contribution in [3.63, 3.8) is 0 Å². The number of aromatic carboxylic acids is 1. The summed E-state index contributed by atoms with van der Waals surface area (Å²) in [6.07, 6.45) is 7.15. The van der Waals surface area contributed by atoms with E-state index < -0.39 is 11.5 Å². The van der Waals surface area contributed by atoms with E-state index in [0.29, 0.717) is 11.9 Å². The highest BCUT2D eigenvalue weighted by atomic mass is 16.4. The van der Waals surface area contributed by atoms with Gasteiger partial charge >= 0.3 is 12.0 Å². The van der Waals surface area contributed by atoms with Crippen molar-refractivity contribution < 1.29 is 14.7 Å². The van der Waals surface area contributed by atoms with Crippen molar-refractivity contribution in [1.29, 1.82) is 0 Å². The molecule has 2 aliphatic rings. The number of nitrogens with zero attached hydrogens (tertiary/aromatic N) is 2. The molecule has 1 aromatic rings. The number of carboxylic acid groups (broad SMARTS) is 1. The van der Waals surface area contributed by atoms with Gasteiger partial charge in [-0.1, -0.05) is 0 Å². The number of rotatable bonds is 4. The third-order valence-corrected chi connectivity index (χ3v) is 4.76. The topological polar surface area (TPSA) is 98.3 Å². The number of imidazole rings is 1. The van der Waals surface area contributed by atoms with E-state index in [9.17, 15) is 9.59 Å². The molecule has 3 N–H and O–H groups in total. The monoisotopic (exact) mass is 292 g/mol. The Morgan fingerprint density at radius 1 is 1.43 bits per heavy atom. The summed E-state index contributed by atoms with van der Waals surface area (Å²) in [7, 11) is 1.82. The van der Waals surface area contributed by atoms with Crippen LogP contribution in [0.5, 0.6) is 0 Å². The summed E-state index contributed by atoms with van der Waals surface area (Å²) in [5, 5.41) is 12.0. The van der Waals surface area contributed by atoms with Gasteiger partial charge in [0.1, 0.15) is 11.5 Å². The average Bonchev–Trinajstić information content (AvgIpc) is 2.81. The fourth-order valence-electron chi connectivity index (χ4n) is 2.86. The van der Waals surface area contributed by atoms with Crippen molar-refractivity contribution in [3.8, 4) is 0 Å². The van der Waals surface area contributed by atoms with Gasteiger partial charge in [0.2, 0.25) is 0 Å². The lowest BCUT2D eigenvalue weighted by Gasteiger charge is -2.43. The lowest BCUT2D eigenvalue weighted by atomic mass is 9.76. The fourth-order valence-corrected chi connectivity index (χ4v) is 2.86.